The second-order valence-corrected chi connectivity index (χ2v) is 3.89. The van der Waals surface area contributed by atoms with Crippen LogP contribution in [-0.4, -0.2) is 15.6 Å². The van der Waals surface area contributed by atoms with E-state index in [0.717, 1.165) is 18.6 Å². The smallest absolute Gasteiger partial charge is 0.213 e. The van der Waals surface area contributed by atoms with Crippen LogP contribution in [0.15, 0.2) is 30.5 Å². The Morgan fingerprint density at radius 1 is 1.33 bits per heavy atom. The van der Waals surface area contributed by atoms with E-state index in [1.807, 2.05) is 6.92 Å². The molecule has 94 valence electrons. The van der Waals surface area contributed by atoms with Gasteiger partial charge in [0.05, 0.1) is 5.56 Å². The molecule has 18 heavy (non-hydrogen) atoms. The maximum Gasteiger partial charge on any atom is 0.213 e. The second-order valence-electron chi connectivity index (χ2n) is 3.89. The van der Waals surface area contributed by atoms with Crippen molar-refractivity contribution in [1.82, 2.24) is 9.78 Å². The van der Waals surface area contributed by atoms with E-state index in [9.17, 15) is 13.6 Å². The molecule has 0 unspecified atom stereocenters. The minimum atomic E-state index is -0.857. The van der Waals surface area contributed by atoms with Crippen molar-refractivity contribution < 1.29 is 13.6 Å². The first-order valence-electron chi connectivity index (χ1n) is 5.65. The quantitative estimate of drug-likeness (QED) is 0.782. The predicted octanol–water partition coefficient (Wildman–Crippen LogP) is 2.80. The summed E-state index contributed by atoms with van der Waals surface area (Å²) < 4.78 is 27.8. The molecule has 2 aromatic rings. The molecule has 0 aliphatic rings. The normalized spacial score (nSPS) is 10.6. The fourth-order valence-electron chi connectivity index (χ4n) is 1.73. The third-order valence-corrected chi connectivity index (χ3v) is 2.56. The summed E-state index contributed by atoms with van der Waals surface area (Å²) >= 11 is 0. The molecule has 0 radical (unpaired) electrons. The number of ketones is 1. The van der Waals surface area contributed by atoms with Crippen molar-refractivity contribution in [3.8, 4) is 0 Å². The minimum Gasteiger partial charge on any atom is -0.287 e. The lowest BCUT2D eigenvalue weighted by molar-refractivity contribution is 0.102. The van der Waals surface area contributed by atoms with Gasteiger partial charge < -0.3 is 0 Å². The number of nitrogens with zero attached hydrogens (tertiary/aromatic N) is 2. The molecule has 1 aromatic carbocycles. The number of aromatic nitrogens is 2. The van der Waals surface area contributed by atoms with E-state index in [2.05, 4.69) is 5.10 Å². The molecule has 0 saturated heterocycles. The zero-order valence-electron chi connectivity index (χ0n) is 9.86. The number of carbonyl (C=O) groups excluding carboxylic acids is 1. The number of benzene rings is 1. The summed E-state index contributed by atoms with van der Waals surface area (Å²) in [5.41, 5.74) is 0.164. The van der Waals surface area contributed by atoms with Crippen molar-refractivity contribution in [2.45, 2.75) is 19.9 Å². The standard InChI is InChI=1S/C13H12F2N2O/c1-2-7-17-12(5-6-16-17)13(18)10-4-3-9(14)8-11(10)15/h3-6,8H,2,7H2,1H3. The Bertz CT molecular complexity index is 578. The lowest BCUT2D eigenvalue weighted by Crippen LogP contribution is -2.12. The largest absolute Gasteiger partial charge is 0.287 e. The first-order valence-corrected chi connectivity index (χ1v) is 5.65. The lowest BCUT2D eigenvalue weighted by atomic mass is 10.1. The van der Waals surface area contributed by atoms with Crippen molar-refractivity contribution in [1.29, 1.82) is 0 Å². The summed E-state index contributed by atoms with van der Waals surface area (Å²) in [7, 11) is 0. The van der Waals surface area contributed by atoms with Gasteiger partial charge in [-0.1, -0.05) is 6.92 Å². The maximum atomic E-state index is 13.5. The Morgan fingerprint density at radius 2 is 2.11 bits per heavy atom. The average molecular weight is 250 g/mol. The van der Waals surface area contributed by atoms with Gasteiger partial charge in [-0.3, -0.25) is 9.48 Å². The van der Waals surface area contributed by atoms with Gasteiger partial charge in [-0.05, 0) is 24.6 Å². The molecule has 3 nitrogen and oxygen atoms in total. The van der Waals surface area contributed by atoms with Crippen molar-refractivity contribution in [2.75, 3.05) is 0 Å². The summed E-state index contributed by atoms with van der Waals surface area (Å²) in [5.74, 6) is -2.05. The first-order chi connectivity index (χ1) is 8.63. The predicted molar refractivity (Wildman–Crippen MR) is 62.3 cm³/mol. The van der Waals surface area contributed by atoms with Gasteiger partial charge in [0.1, 0.15) is 17.3 Å². The van der Waals surface area contributed by atoms with Gasteiger partial charge in [0.15, 0.2) is 0 Å². The topological polar surface area (TPSA) is 34.9 Å². The molecule has 0 bridgehead atoms. The highest BCUT2D eigenvalue weighted by Gasteiger charge is 2.18. The number of halogens is 2. The van der Waals surface area contributed by atoms with Gasteiger partial charge in [-0.2, -0.15) is 5.10 Å². The van der Waals surface area contributed by atoms with Crippen molar-refractivity contribution >= 4 is 5.78 Å². The zero-order chi connectivity index (χ0) is 13.1. The molecule has 1 heterocycles. The highest BCUT2D eigenvalue weighted by Crippen LogP contribution is 2.15. The monoisotopic (exact) mass is 250 g/mol. The molecule has 2 rings (SSSR count). The van der Waals surface area contributed by atoms with E-state index in [4.69, 9.17) is 0 Å². The van der Waals surface area contributed by atoms with Crippen LogP contribution in [0.2, 0.25) is 0 Å². The van der Waals surface area contributed by atoms with Crippen LogP contribution in [0.3, 0.4) is 0 Å². The molecule has 0 spiro atoms. The third kappa shape index (κ3) is 2.30. The summed E-state index contributed by atoms with van der Waals surface area (Å²) in [4.78, 5) is 12.1. The number of rotatable bonds is 4. The van der Waals surface area contributed by atoms with E-state index in [-0.39, 0.29) is 5.56 Å². The minimum absolute atomic E-state index is 0.144. The van der Waals surface area contributed by atoms with Crippen LogP contribution < -0.4 is 0 Å². The van der Waals surface area contributed by atoms with Gasteiger partial charge in [0.25, 0.3) is 0 Å². The maximum absolute atomic E-state index is 13.5. The van der Waals surface area contributed by atoms with Crippen LogP contribution in [0.5, 0.6) is 0 Å². The fourth-order valence-corrected chi connectivity index (χ4v) is 1.73. The molecule has 0 fully saturated rings. The van der Waals surface area contributed by atoms with E-state index in [0.29, 0.717) is 18.3 Å². The first kappa shape index (κ1) is 12.4. The number of carbonyl (C=O) groups is 1. The molecule has 0 aliphatic carbocycles. The van der Waals surface area contributed by atoms with E-state index in [1.54, 1.807) is 0 Å². The average Bonchev–Trinajstić information content (AvgIpc) is 2.77. The molecule has 0 amide bonds. The molecule has 0 saturated carbocycles. The van der Waals surface area contributed by atoms with Gasteiger partial charge in [-0.25, -0.2) is 8.78 Å². The van der Waals surface area contributed by atoms with Crippen molar-refractivity contribution in [3.63, 3.8) is 0 Å². The van der Waals surface area contributed by atoms with E-state index >= 15 is 0 Å². The van der Waals surface area contributed by atoms with Gasteiger partial charge in [0.2, 0.25) is 5.78 Å². The van der Waals surface area contributed by atoms with E-state index < -0.39 is 17.4 Å². The molecular formula is C13H12F2N2O. The Hall–Kier alpha value is -2.04. The Kier molecular flexibility index (Phi) is 3.50. The van der Waals surface area contributed by atoms with Crippen LogP contribution in [0, 0.1) is 11.6 Å². The second kappa shape index (κ2) is 5.08. The number of hydrogen-bond acceptors (Lipinski definition) is 2. The summed E-state index contributed by atoms with van der Waals surface area (Å²) in [6, 6.07) is 4.45. The third-order valence-electron chi connectivity index (χ3n) is 2.56. The number of aryl methyl sites for hydroxylation is 1. The number of hydrogen-bond donors (Lipinski definition) is 0. The highest BCUT2D eigenvalue weighted by molar-refractivity contribution is 6.08. The lowest BCUT2D eigenvalue weighted by Gasteiger charge is -2.06. The molecule has 1 aromatic heterocycles. The Morgan fingerprint density at radius 3 is 2.78 bits per heavy atom. The van der Waals surface area contributed by atoms with E-state index in [1.165, 1.54) is 16.9 Å². The molecule has 0 aliphatic heterocycles. The molecule has 0 atom stereocenters. The van der Waals surface area contributed by atoms with Crippen molar-refractivity contribution in [2.24, 2.45) is 0 Å². The molecule has 5 heteroatoms. The van der Waals surface area contributed by atoms with Gasteiger partial charge in [-0.15, -0.1) is 0 Å². The molecule has 0 N–H and O–H groups in total. The van der Waals surface area contributed by atoms with Crippen LogP contribution >= 0.6 is 0 Å². The Balaban J connectivity index is 2.38. The van der Waals surface area contributed by atoms with Gasteiger partial charge >= 0.3 is 0 Å². The zero-order valence-corrected chi connectivity index (χ0v) is 9.86. The van der Waals surface area contributed by atoms with Crippen LogP contribution in [0.4, 0.5) is 8.78 Å². The van der Waals surface area contributed by atoms with Gasteiger partial charge in [0, 0.05) is 18.8 Å². The van der Waals surface area contributed by atoms with Crippen molar-refractivity contribution in [3.05, 3.63) is 53.4 Å². The summed E-state index contributed by atoms with van der Waals surface area (Å²) in [6.45, 7) is 2.53. The SMILES string of the molecule is CCCn1nccc1C(=O)c1ccc(F)cc1F. The summed E-state index contributed by atoms with van der Waals surface area (Å²) in [5, 5.41) is 4.00. The Labute approximate surface area is 103 Å². The van der Waals surface area contributed by atoms with Crippen LogP contribution in [-0.2, 0) is 6.54 Å². The van der Waals surface area contributed by atoms with Crippen LogP contribution in [0.25, 0.3) is 0 Å². The van der Waals surface area contributed by atoms with Crippen LogP contribution in [0.1, 0.15) is 29.4 Å². The molecular weight excluding hydrogens is 238 g/mol. The summed E-state index contributed by atoms with van der Waals surface area (Å²) in [6.07, 6.45) is 2.30. The fraction of sp³-hybridized carbons (Fsp3) is 0.231. The highest BCUT2D eigenvalue weighted by atomic mass is 19.1.